The minimum atomic E-state index is -0.971. The Labute approximate surface area is 105 Å². The average Bonchev–Trinajstić information content (AvgIpc) is 3.09. The van der Waals surface area contributed by atoms with E-state index < -0.39 is 17.5 Å². The maximum absolute atomic E-state index is 10.8. The molecule has 0 aliphatic heterocycles. The smallest absolute Gasteiger partial charge is 0.306 e. The van der Waals surface area contributed by atoms with E-state index in [0.717, 1.165) is 24.2 Å². The first kappa shape index (κ1) is 11.5. The van der Waals surface area contributed by atoms with Crippen LogP contribution in [-0.4, -0.2) is 22.3 Å². The Kier molecular flexibility index (Phi) is 2.55. The topological polar surface area (TPSA) is 66.8 Å². The molecule has 0 amide bonds. The van der Waals surface area contributed by atoms with E-state index in [4.69, 9.17) is 9.84 Å². The molecule has 0 heterocycles. The zero-order chi connectivity index (χ0) is 12.8. The Morgan fingerprint density at radius 3 is 2.33 bits per heavy atom. The Morgan fingerprint density at radius 2 is 1.83 bits per heavy atom. The average molecular weight is 248 g/mol. The number of hydrogen-bond donors (Lipinski definition) is 2. The number of hydrogen-bond acceptors (Lipinski definition) is 3. The molecular formula is C14H16O4. The molecular weight excluding hydrogens is 232 g/mol. The van der Waals surface area contributed by atoms with Gasteiger partial charge in [0.2, 0.25) is 0 Å². The molecule has 1 aromatic rings. The van der Waals surface area contributed by atoms with E-state index in [1.54, 1.807) is 0 Å². The number of rotatable bonds is 4. The molecule has 0 bridgehead atoms. The van der Waals surface area contributed by atoms with Gasteiger partial charge in [0.05, 0.1) is 17.6 Å². The molecule has 2 fully saturated rings. The number of carbonyl (C=O) groups is 1. The number of carboxylic acids is 1. The SMILES string of the molecule is O=C(O)C1CC(O)(c2ccc(OC3CC3)cc2)C1. The van der Waals surface area contributed by atoms with E-state index in [9.17, 15) is 9.90 Å². The predicted molar refractivity (Wildman–Crippen MR) is 64.3 cm³/mol. The molecule has 2 aliphatic rings. The van der Waals surface area contributed by atoms with Crippen molar-refractivity contribution in [2.45, 2.75) is 37.4 Å². The zero-order valence-electron chi connectivity index (χ0n) is 10.0. The van der Waals surface area contributed by atoms with Crippen molar-refractivity contribution >= 4 is 5.97 Å². The maximum Gasteiger partial charge on any atom is 0.306 e. The second-order valence-corrected chi connectivity index (χ2v) is 5.32. The van der Waals surface area contributed by atoms with Crippen LogP contribution in [0.15, 0.2) is 24.3 Å². The predicted octanol–water partition coefficient (Wildman–Crippen LogP) is 1.91. The summed E-state index contributed by atoms with van der Waals surface area (Å²) in [6.45, 7) is 0. The second-order valence-electron chi connectivity index (χ2n) is 5.32. The fourth-order valence-electron chi connectivity index (χ4n) is 2.39. The van der Waals surface area contributed by atoms with Crippen molar-refractivity contribution < 1.29 is 19.7 Å². The van der Waals surface area contributed by atoms with Crippen molar-refractivity contribution in [2.75, 3.05) is 0 Å². The van der Waals surface area contributed by atoms with E-state index in [1.807, 2.05) is 24.3 Å². The van der Waals surface area contributed by atoms with Crippen molar-refractivity contribution in [1.29, 1.82) is 0 Å². The summed E-state index contributed by atoms with van der Waals surface area (Å²) in [6, 6.07) is 7.35. The van der Waals surface area contributed by atoms with Crippen LogP contribution in [0.5, 0.6) is 5.75 Å². The number of benzene rings is 1. The van der Waals surface area contributed by atoms with E-state index in [-0.39, 0.29) is 0 Å². The molecule has 0 atom stereocenters. The minimum absolute atomic E-state index is 0.297. The van der Waals surface area contributed by atoms with Crippen LogP contribution >= 0.6 is 0 Å². The van der Waals surface area contributed by atoms with E-state index in [1.165, 1.54) is 0 Å². The number of aliphatic carboxylic acids is 1. The van der Waals surface area contributed by atoms with Crippen molar-refractivity contribution in [3.8, 4) is 5.75 Å². The summed E-state index contributed by atoms with van der Waals surface area (Å²) >= 11 is 0. The van der Waals surface area contributed by atoms with Crippen LogP contribution in [0.4, 0.5) is 0 Å². The lowest BCUT2D eigenvalue weighted by Gasteiger charge is -2.41. The van der Waals surface area contributed by atoms with Gasteiger partial charge >= 0.3 is 5.97 Å². The van der Waals surface area contributed by atoms with Gasteiger partial charge in [0.1, 0.15) is 5.75 Å². The summed E-state index contributed by atoms with van der Waals surface area (Å²) in [5.41, 5.74) is -0.190. The molecule has 18 heavy (non-hydrogen) atoms. The summed E-state index contributed by atoms with van der Waals surface area (Å²) < 4.78 is 5.63. The lowest BCUT2D eigenvalue weighted by Crippen LogP contribution is -2.44. The Morgan fingerprint density at radius 1 is 1.22 bits per heavy atom. The number of carboxylic acid groups (broad SMARTS) is 1. The zero-order valence-corrected chi connectivity index (χ0v) is 10.0. The number of aliphatic hydroxyl groups is 1. The standard InChI is InChI=1S/C14H16O4/c15-13(16)9-7-14(17,8-9)10-1-3-11(4-2-10)18-12-5-6-12/h1-4,9,12,17H,5-8H2,(H,15,16). The van der Waals surface area contributed by atoms with Gasteiger partial charge in [-0.3, -0.25) is 4.79 Å². The molecule has 0 saturated heterocycles. The molecule has 0 spiro atoms. The van der Waals surface area contributed by atoms with Crippen LogP contribution < -0.4 is 4.74 Å². The highest BCUT2D eigenvalue weighted by Crippen LogP contribution is 2.46. The van der Waals surface area contributed by atoms with Crippen molar-refractivity contribution in [3.05, 3.63) is 29.8 Å². The van der Waals surface area contributed by atoms with Gasteiger partial charge in [-0.05, 0) is 43.4 Å². The van der Waals surface area contributed by atoms with E-state index in [2.05, 4.69) is 0 Å². The van der Waals surface area contributed by atoms with Crippen molar-refractivity contribution in [2.24, 2.45) is 5.92 Å². The largest absolute Gasteiger partial charge is 0.490 e. The first-order valence-electron chi connectivity index (χ1n) is 6.29. The molecule has 96 valence electrons. The Hall–Kier alpha value is -1.55. The van der Waals surface area contributed by atoms with Crippen molar-refractivity contribution in [3.63, 3.8) is 0 Å². The van der Waals surface area contributed by atoms with Crippen LogP contribution in [0.2, 0.25) is 0 Å². The third-order valence-corrected chi connectivity index (χ3v) is 3.74. The van der Waals surface area contributed by atoms with Crippen LogP contribution in [0.25, 0.3) is 0 Å². The molecule has 0 aromatic heterocycles. The van der Waals surface area contributed by atoms with E-state index in [0.29, 0.717) is 18.9 Å². The summed E-state index contributed by atoms with van der Waals surface area (Å²) in [5.74, 6) is -0.426. The highest BCUT2D eigenvalue weighted by atomic mass is 16.5. The first-order chi connectivity index (χ1) is 8.57. The van der Waals surface area contributed by atoms with Crippen LogP contribution in [0, 0.1) is 5.92 Å². The molecule has 2 aliphatic carbocycles. The molecule has 4 nitrogen and oxygen atoms in total. The third kappa shape index (κ3) is 2.08. The van der Waals surface area contributed by atoms with Gasteiger partial charge in [-0.25, -0.2) is 0 Å². The first-order valence-corrected chi connectivity index (χ1v) is 6.29. The van der Waals surface area contributed by atoms with Gasteiger partial charge in [0.15, 0.2) is 0 Å². The molecule has 0 radical (unpaired) electrons. The monoisotopic (exact) mass is 248 g/mol. The maximum atomic E-state index is 10.8. The molecule has 2 saturated carbocycles. The molecule has 4 heteroatoms. The van der Waals surface area contributed by atoms with Gasteiger partial charge < -0.3 is 14.9 Å². The van der Waals surface area contributed by atoms with Gasteiger partial charge in [0.25, 0.3) is 0 Å². The summed E-state index contributed by atoms with van der Waals surface area (Å²) in [4.78, 5) is 10.8. The van der Waals surface area contributed by atoms with Crippen LogP contribution in [-0.2, 0) is 10.4 Å². The van der Waals surface area contributed by atoms with Gasteiger partial charge in [-0.2, -0.15) is 0 Å². The normalized spacial score (nSPS) is 30.6. The number of ether oxygens (including phenoxy) is 1. The summed E-state index contributed by atoms with van der Waals surface area (Å²) in [7, 11) is 0. The molecule has 2 N–H and O–H groups in total. The highest BCUT2D eigenvalue weighted by Gasteiger charge is 2.47. The van der Waals surface area contributed by atoms with Gasteiger partial charge in [-0.1, -0.05) is 12.1 Å². The van der Waals surface area contributed by atoms with Crippen LogP contribution in [0.3, 0.4) is 0 Å². The molecule has 0 unspecified atom stereocenters. The lowest BCUT2D eigenvalue weighted by molar-refractivity contribution is -0.159. The quantitative estimate of drug-likeness (QED) is 0.854. The van der Waals surface area contributed by atoms with Gasteiger partial charge in [-0.15, -0.1) is 0 Å². The Bertz CT molecular complexity index is 455. The minimum Gasteiger partial charge on any atom is -0.490 e. The van der Waals surface area contributed by atoms with Gasteiger partial charge in [0, 0.05) is 0 Å². The second kappa shape index (κ2) is 3.99. The molecule has 3 rings (SSSR count). The fraction of sp³-hybridized carbons (Fsp3) is 0.500. The summed E-state index contributed by atoms with van der Waals surface area (Å²) in [5, 5.41) is 19.1. The third-order valence-electron chi connectivity index (χ3n) is 3.74. The van der Waals surface area contributed by atoms with E-state index >= 15 is 0 Å². The summed E-state index contributed by atoms with van der Waals surface area (Å²) in [6.07, 6.45) is 3.19. The van der Waals surface area contributed by atoms with Crippen LogP contribution in [0.1, 0.15) is 31.2 Å². The fourth-order valence-corrected chi connectivity index (χ4v) is 2.39. The van der Waals surface area contributed by atoms with Crippen molar-refractivity contribution in [1.82, 2.24) is 0 Å². The Balaban J connectivity index is 1.67. The molecule has 1 aromatic carbocycles. The highest BCUT2D eigenvalue weighted by molar-refractivity contribution is 5.71. The lowest BCUT2D eigenvalue weighted by atomic mass is 9.67.